The number of amides is 1. The molecule has 1 amide bonds. The van der Waals surface area contributed by atoms with Crippen molar-refractivity contribution < 1.29 is 13.2 Å². The molecule has 1 saturated carbocycles. The first-order valence-electron chi connectivity index (χ1n) is 12.2. The Morgan fingerprint density at radius 2 is 1.66 bits per heavy atom. The Bertz CT molecular complexity index is 1330. The molecular weight excluding hydrogens is 458 g/mol. The highest BCUT2D eigenvalue weighted by Gasteiger charge is 2.35. The molecule has 0 aliphatic heterocycles. The first kappa shape index (κ1) is 25.1. The van der Waals surface area contributed by atoms with E-state index in [0.29, 0.717) is 16.0 Å². The van der Waals surface area contributed by atoms with E-state index in [1.54, 1.807) is 6.21 Å². The van der Waals surface area contributed by atoms with Gasteiger partial charge in [-0.3, -0.25) is 4.79 Å². The standard InChI is InChI=1S/C28H33N3O3S/c1-20-16-21(2)28(22(3)17-20)35(33,34)31(25-13-5-4-6-14-25)19-27(32)30-29-18-24-12-9-11-23-10-7-8-15-26(23)24/h7-12,15-18,25H,4-6,13-14,19H2,1-3H3,(H,30,32). The number of rotatable bonds is 7. The normalized spacial score (nSPS) is 15.2. The molecule has 1 fully saturated rings. The molecule has 0 aromatic heterocycles. The molecule has 35 heavy (non-hydrogen) atoms. The summed E-state index contributed by atoms with van der Waals surface area (Å²) in [4.78, 5) is 13.2. The molecule has 1 aliphatic rings. The highest BCUT2D eigenvalue weighted by molar-refractivity contribution is 7.89. The minimum Gasteiger partial charge on any atom is -0.272 e. The van der Waals surface area contributed by atoms with Gasteiger partial charge >= 0.3 is 0 Å². The van der Waals surface area contributed by atoms with Gasteiger partial charge in [-0.15, -0.1) is 0 Å². The predicted octanol–water partition coefficient (Wildman–Crippen LogP) is 5.24. The summed E-state index contributed by atoms with van der Waals surface area (Å²) in [6.45, 7) is 5.34. The quantitative estimate of drug-likeness (QED) is 0.363. The molecule has 0 heterocycles. The Morgan fingerprint density at radius 3 is 2.37 bits per heavy atom. The van der Waals surface area contributed by atoms with Crippen molar-refractivity contribution in [3.63, 3.8) is 0 Å². The van der Waals surface area contributed by atoms with E-state index in [1.807, 2.05) is 75.4 Å². The smallest absolute Gasteiger partial charge is 0.255 e. The van der Waals surface area contributed by atoms with Crippen LogP contribution in [-0.4, -0.2) is 37.4 Å². The topological polar surface area (TPSA) is 78.8 Å². The number of carbonyl (C=O) groups is 1. The number of hydrogen-bond acceptors (Lipinski definition) is 4. The molecule has 0 atom stereocenters. The lowest BCUT2D eigenvalue weighted by molar-refractivity contribution is -0.121. The fourth-order valence-corrected chi connectivity index (χ4v) is 7.24. The Balaban J connectivity index is 1.57. The number of nitrogens with one attached hydrogen (secondary N) is 1. The molecule has 6 nitrogen and oxygen atoms in total. The van der Waals surface area contributed by atoms with Crippen LogP contribution in [-0.2, 0) is 14.8 Å². The molecule has 1 aliphatic carbocycles. The largest absolute Gasteiger partial charge is 0.272 e. The first-order valence-corrected chi connectivity index (χ1v) is 13.6. The van der Waals surface area contributed by atoms with Crippen molar-refractivity contribution in [2.45, 2.75) is 63.8 Å². The first-order chi connectivity index (χ1) is 16.8. The van der Waals surface area contributed by atoms with Gasteiger partial charge in [-0.05, 0) is 55.5 Å². The summed E-state index contributed by atoms with van der Waals surface area (Å²) in [5.41, 5.74) is 5.86. The lowest BCUT2D eigenvalue weighted by Gasteiger charge is -2.33. The summed E-state index contributed by atoms with van der Waals surface area (Å²) >= 11 is 0. The van der Waals surface area contributed by atoms with Gasteiger partial charge in [0, 0.05) is 11.6 Å². The zero-order valence-corrected chi connectivity index (χ0v) is 21.4. The van der Waals surface area contributed by atoms with E-state index in [4.69, 9.17) is 0 Å². The van der Waals surface area contributed by atoms with Crippen LogP contribution in [0.15, 0.2) is 64.6 Å². The summed E-state index contributed by atoms with van der Waals surface area (Å²) in [7, 11) is -3.86. The molecular formula is C28H33N3O3S. The van der Waals surface area contributed by atoms with Crippen LogP contribution in [0.5, 0.6) is 0 Å². The monoisotopic (exact) mass is 491 g/mol. The number of fused-ring (bicyclic) bond motifs is 1. The number of sulfonamides is 1. The van der Waals surface area contributed by atoms with Crippen molar-refractivity contribution in [1.82, 2.24) is 9.73 Å². The van der Waals surface area contributed by atoms with E-state index in [-0.39, 0.29) is 12.6 Å². The number of aryl methyl sites for hydroxylation is 3. The molecule has 4 rings (SSSR count). The van der Waals surface area contributed by atoms with E-state index >= 15 is 0 Å². The number of nitrogens with zero attached hydrogens (tertiary/aromatic N) is 2. The second-order valence-corrected chi connectivity index (χ2v) is 11.3. The summed E-state index contributed by atoms with van der Waals surface area (Å²) < 4.78 is 29.1. The number of benzene rings is 3. The minimum absolute atomic E-state index is 0.193. The fraction of sp³-hybridized carbons (Fsp3) is 0.357. The van der Waals surface area contributed by atoms with Crippen molar-refractivity contribution >= 4 is 32.9 Å². The van der Waals surface area contributed by atoms with Crippen molar-refractivity contribution in [3.05, 3.63) is 76.9 Å². The van der Waals surface area contributed by atoms with Crippen molar-refractivity contribution in [2.75, 3.05) is 6.54 Å². The molecule has 3 aromatic rings. The van der Waals surface area contributed by atoms with Crippen LogP contribution in [0.2, 0.25) is 0 Å². The summed E-state index contributed by atoms with van der Waals surface area (Å²) in [5, 5.41) is 6.26. The van der Waals surface area contributed by atoms with Gasteiger partial charge in [0.05, 0.1) is 17.7 Å². The number of hydrogen-bond donors (Lipinski definition) is 1. The van der Waals surface area contributed by atoms with Gasteiger partial charge in [-0.2, -0.15) is 9.41 Å². The maximum Gasteiger partial charge on any atom is 0.255 e. The molecule has 0 saturated heterocycles. The van der Waals surface area contributed by atoms with Gasteiger partial charge in [0.25, 0.3) is 5.91 Å². The average Bonchev–Trinajstić information content (AvgIpc) is 2.82. The van der Waals surface area contributed by atoms with E-state index in [9.17, 15) is 13.2 Å². The van der Waals surface area contributed by atoms with E-state index in [2.05, 4.69) is 10.5 Å². The van der Waals surface area contributed by atoms with Crippen LogP contribution in [0, 0.1) is 20.8 Å². The zero-order valence-electron chi connectivity index (χ0n) is 20.6. The Hall–Kier alpha value is -3.03. The number of hydrazone groups is 1. The van der Waals surface area contributed by atoms with Gasteiger partial charge < -0.3 is 0 Å². The Kier molecular flexibility index (Phi) is 7.67. The van der Waals surface area contributed by atoms with Gasteiger partial charge in [-0.1, -0.05) is 79.4 Å². The Labute approximate surface area is 208 Å². The van der Waals surface area contributed by atoms with Crippen LogP contribution < -0.4 is 5.43 Å². The lowest BCUT2D eigenvalue weighted by Crippen LogP contribution is -2.46. The third-order valence-corrected chi connectivity index (χ3v) is 8.87. The average molecular weight is 492 g/mol. The highest BCUT2D eigenvalue weighted by Crippen LogP contribution is 2.31. The van der Waals surface area contributed by atoms with Crippen LogP contribution in [0.3, 0.4) is 0 Å². The molecule has 7 heteroatoms. The van der Waals surface area contributed by atoms with Crippen molar-refractivity contribution in [1.29, 1.82) is 0 Å². The molecule has 184 valence electrons. The molecule has 0 unspecified atom stereocenters. The predicted molar refractivity (Wildman–Crippen MR) is 141 cm³/mol. The van der Waals surface area contributed by atoms with Gasteiger partial charge in [0.2, 0.25) is 10.0 Å². The van der Waals surface area contributed by atoms with Crippen molar-refractivity contribution in [2.24, 2.45) is 5.10 Å². The summed E-state index contributed by atoms with van der Waals surface area (Å²) in [6, 6.07) is 17.4. The SMILES string of the molecule is Cc1cc(C)c(S(=O)(=O)N(CC(=O)NN=Cc2cccc3ccccc23)C2CCCCC2)c(C)c1. The molecule has 1 N–H and O–H groups in total. The van der Waals surface area contributed by atoms with E-state index in [1.165, 1.54) is 4.31 Å². The third-order valence-electron chi connectivity index (χ3n) is 6.67. The Morgan fingerprint density at radius 1 is 1.00 bits per heavy atom. The van der Waals surface area contributed by atoms with Crippen LogP contribution in [0.25, 0.3) is 10.8 Å². The summed E-state index contributed by atoms with van der Waals surface area (Å²) in [6.07, 6.45) is 6.14. The van der Waals surface area contributed by atoms with E-state index in [0.717, 1.165) is 54.0 Å². The lowest BCUT2D eigenvalue weighted by atomic mass is 9.95. The molecule has 0 spiro atoms. The second-order valence-electron chi connectivity index (χ2n) is 9.43. The minimum atomic E-state index is -3.86. The van der Waals surface area contributed by atoms with Crippen molar-refractivity contribution in [3.8, 4) is 0 Å². The molecule has 3 aromatic carbocycles. The van der Waals surface area contributed by atoms with E-state index < -0.39 is 15.9 Å². The van der Waals surface area contributed by atoms with Gasteiger partial charge in [-0.25, -0.2) is 13.8 Å². The van der Waals surface area contributed by atoms with Crippen LogP contribution in [0.4, 0.5) is 0 Å². The zero-order chi connectivity index (χ0) is 25.0. The van der Waals surface area contributed by atoms with Crippen LogP contribution >= 0.6 is 0 Å². The highest BCUT2D eigenvalue weighted by atomic mass is 32.2. The summed E-state index contributed by atoms with van der Waals surface area (Å²) in [5.74, 6) is -0.446. The molecule has 0 bridgehead atoms. The maximum absolute atomic E-state index is 13.9. The number of carbonyl (C=O) groups excluding carboxylic acids is 1. The molecule has 0 radical (unpaired) electrons. The van der Waals surface area contributed by atoms with Gasteiger partial charge in [0.15, 0.2) is 0 Å². The maximum atomic E-state index is 13.9. The fourth-order valence-electron chi connectivity index (χ4n) is 5.18. The second kappa shape index (κ2) is 10.7. The third kappa shape index (κ3) is 5.63. The van der Waals surface area contributed by atoms with Crippen LogP contribution in [0.1, 0.15) is 54.4 Å². The van der Waals surface area contributed by atoms with Gasteiger partial charge in [0.1, 0.15) is 0 Å².